The smallest absolute Gasteiger partial charge is 0.255 e. The van der Waals surface area contributed by atoms with E-state index in [1.54, 1.807) is 13.0 Å². The summed E-state index contributed by atoms with van der Waals surface area (Å²) < 4.78 is 0. The quantitative estimate of drug-likeness (QED) is 0.740. The third-order valence-electron chi connectivity index (χ3n) is 4.13. The number of carbonyl (C=O) groups excluding carboxylic acids is 4. The number of fused-ring (bicyclic) bond motifs is 1. The van der Waals surface area contributed by atoms with Crippen LogP contribution in [0.25, 0.3) is 0 Å². The van der Waals surface area contributed by atoms with Gasteiger partial charge in [-0.25, -0.2) is 0 Å². The molecule has 3 N–H and O–H groups in total. The first kappa shape index (κ1) is 14.2. The van der Waals surface area contributed by atoms with Crippen LogP contribution in [-0.2, 0) is 16.1 Å². The minimum atomic E-state index is -0.657. The third kappa shape index (κ3) is 2.14. The minimum Gasteiger partial charge on any atom is -0.366 e. The molecule has 7 heteroatoms. The molecule has 1 atom stereocenters. The molecule has 2 aliphatic rings. The van der Waals surface area contributed by atoms with Crippen molar-refractivity contribution in [2.75, 3.05) is 0 Å². The molecule has 0 saturated carbocycles. The van der Waals surface area contributed by atoms with Crippen LogP contribution in [0.2, 0.25) is 0 Å². The van der Waals surface area contributed by atoms with Gasteiger partial charge in [-0.15, -0.1) is 0 Å². The van der Waals surface area contributed by atoms with Gasteiger partial charge >= 0.3 is 0 Å². The van der Waals surface area contributed by atoms with Crippen molar-refractivity contribution in [2.24, 2.45) is 5.73 Å². The molecule has 114 valence electrons. The summed E-state index contributed by atoms with van der Waals surface area (Å²) in [6.07, 6.45) is 0.522. The number of nitrogens with two attached hydrogens (primary N) is 1. The number of rotatable bonds is 2. The average Bonchev–Trinajstić information content (AvgIpc) is 2.74. The van der Waals surface area contributed by atoms with Gasteiger partial charge in [-0.3, -0.25) is 24.5 Å². The van der Waals surface area contributed by atoms with Gasteiger partial charge < -0.3 is 10.6 Å². The summed E-state index contributed by atoms with van der Waals surface area (Å²) in [6, 6.07) is 2.58. The van der Waals surface area contributed by atoms with Crippen molar-refractivity contribution in [1.82, 2.24) is 10.2 Å². The van der Waals surface area contributed by atoms with Crippen LogP contribution in [-0.4, -0.2) is 34.6 Å². The molecule has 22 heavy (non-hydrogen) atoms. The van der Waals surface area contributed by atoms with Crippen molar-refractivity contribution in [1.29, 1.82) is 0 Å². The molecule has 1 unspecified atom stereocenters. The first-order valence-corrected chi connectivity index (χ1v) is 6.96. The minimum absolute atomic E-state index is 0.210. The summed E-state index contributed by atoms with van der Waals surface area (Å²) in [5.41, 5.74) is 7.46. The predicted octanol–water partition coefficient (Wildman–Crippen LogP) is -0.145. The molecule has 0 radical (unpaired) electrons. The highest BCUT2D eigenvalue weighted by Crippen LogP contribution is 2.29. The van der Waals surface area contributed by atoms with E-state index in [4.69, 9.17) is 5.73 Å². The maximum absolute atomic E-state index is 12.5. The highest BCUT2D eigenvalue weighted by Gasteiger charge is 2.39. The number of hydrogen-bond donors (Lipinski definition) is 2. The first-order chi connectivity index (χ1) is 10.4. The van der Waals surface area contributed by atoms with Crippen LogP contribution in [0.15, 0.2) is 12.1 Å². The lowest BCUT2D eigenvalue weighted by atomic mass is 10.0. The summed E-state index contributed by atoms with van der Waals surface area (Å²) in [5, 5.41) is 2.25. The van der Waals surface area contributed by atoms with Crippen molar-refractivity contribution >= 4 is 23.6 Å². The topological polar surface area (TPSA) is 110 Å². The van der Waals surface area contributed by atoms with Crippen LogP contribution in [0.3, 0.4) is 0 Å². The summed E-state index contributed by atoms with van der Waals surface area (Å²) in [6.45, 7) is 2.04. The van der Waals surface area contributed by atoms with Crippen molar-refractivity contribution in [2.45, 2.75) is 32.4 Å². The first-order valence-electron chi connectivity index (χ1n) is 6.96. The van der Waals surface area contributed by atoms with Gasteiger partial charge in [0, 0.05) is 24.1 Å². The summed E-state index contributed by atoms with van der Waals surface area (Å²) in [4.78, 5) is 48.5. The van der Waals surface area contributed by atoms with Gasteiger partial charge in [-0.05, 0) is 30.5 Å². The SMILES string of the molecule is Cc1cc2c(cc1C(N)=O)C(=O)N(C1CCC(=O)NC1=O)C2. The Bertz CT molecular complexity index is 726. The van der Waals surface area contributed by atoms with E-state index in [0.29, 0.717) is 29.7 Å². The Morgan fingerprint density at radius 1 is 1.32 bits per heavy atom. The number of hydrogen-bond acceptors (Lipinski definition) is 4. The number of nitrogens with one attached hydrogen (secondary N) is 1. The molecule has 7 nitrogen and oxygen atoms in total. The van der Waals surface area contributed by atoms with Crippen molar-refractivity contribution < 1.29 is 19.2 Å². The maximum atomic E-state index is 12.5. The second-order valence-electron chi connectivity index (χ2n) is 5.59. The number of primary amides is 1. The van der Waals surface area contributed by atoms with Crippen LogP contribution in [0.1, 0.15) is 44.7 Å². The molecule has 3 rings (SSSR count). The van der Waals surface area contributed by atoms with Crippen LogP contribution in [0, 0.1) is 6.92 Å². The Morgan fingerprint density at radius 3 is 2.68 bits per heavy atom. The number of nitrogens with zero attached hydrogens (tertiary/aromatic N) is 1. The van der Waals surface area contributed by atoms with Gasteiger partial charge in [0.2, 0.25) is 17.7 Å². The van der Waals surface area contributed by atoms with E-state index in [-0.39, 0.29) is 18.2 Å². The maximum Gasteiger partial charge on any atom is 0.255 e. The molecule has 2 heterocycles. The number of piperidine rings is 1. The Hall–Kier alpha value is -2.70. The number of imide groups is 1. The largest absolute Gasteiger partial charge is 0.366 e. The fourth-order valence-corrected chi connectivity index (χ4v) is 3.00. The Morgan fingerprint density at radius 2 is 2.05 bits per heavy atom. The third-order valence-corrected chi connectivity index (χ3v) is 4.13. The second kappa shape index (κ2) is 4.94. The Balaban J connectivity index is 1.93. The van der Waals surface area contributed by atoms with E-state index < -0.39 is 17.9 Å². The molecule has 0 aliphatic carbocycles. The Kier molecular flexibility index (Phi) is 3.20. The van der Waals surface area contributed by atoms with Crippen LogP contribution < -0.4 is 11.1 Å². The molecule has 1 saturated heterocycles. The highest BCUT2D eigenvalue weighted by molar-refractivity contribution is 6.06. The molecular formula is C15H15N3O4. The summed E-state index contributed by atoms with van der Waals surface area (Å²) >= 11 is 0. The van der Waals surface area contributed by atoms with Crippen molar-refractivity contribution in [3.05, 3.63) is 34.4 Å². The molecular weight excluding hydrogens is 286 g/mol. The highest BCUT2D eigenvalue weighted by atomic mass is 16.2. The second-order valence-corrected chi connectivity index (χ2v) is 5.59. The molecule has 0 aromatic heterocycles. The van der Waals surface area contributed by atoms with Gasteiger partial charge in [-0.2, -0.15) is 0 Å². The molecule has 1 aromatic carbocycles. The van der Waals surface area contributed by atoms with E-state index in [1.165, 1.54) is 11.0 Å². The lowest BCUT2D eigenvalue weighted by molar-refractivity contribution is -0.136. The lowest BCUT2D eigenvalue weighted by Crippen LogP contribution is -2.52. The van der Waals surface area contributed by atoms with E-state index >= 15 is 0 Å². The number of carbonyl (C=O) groups is 4. The van der Waals surface area contributed by atoms with E-state index in [1.807, 2.05) is 0 Å². The zero-order chi connectivity index (χ0) is 16.0. The van der Waals surface area contributed by atoms with Gasteiger partial charge in [-0.1, -0.05) is 6.07 Å². The zero-order valence-electron chi connectivity index (χ0n) is 12.0. The summed E-state index contributed by atoms with van der Waals surface area (Å²) in [5.74, 6) is -1.68. The van der Waals surface area contributed by atoms with Crippen LogP contribution >= 0.6 is 0 Å². The molecule has 0 spiro atoms. The van der Waals surface area contributed by atoms with Gasteiger partial charge in [0.25, 0.3) is 5.91 Å². The fourth-order valence-electron chi connectivity index (χ4n) is 3.00. The van der Waals surface area contributed by atoms with Crippen LogP contribution in [0.5, 0.6) is 0 Å². The normalized spacial score (nSPS) is 20.9. The zero-order valence-corrected chi connectivity index (χ0v) is 12.0. The van der Waals surface area contributed by atoms with Crippen LogP contribution in [0.4, 0.5) is 0 Å². The monoisotopic (exact) mass is 301 g/mol. The van der Waals surface area contributed by atoms with Crippen molar-refractivity contribution in [3.8, 4) is 0 Å². The van der Waals surface area contributed by atoms with E-state index in [9.17, 15) is 19.2 Å². The standard InChI is InChI=1S/C15H15N3O4/c1-7-4-8-6-18(11-2-3-12(19)17-14(11)21)15(22)10(8)5-9(7)13(16)20/h4-5,11H,2-3,6H2,1H3,(H2,16,20)(H,17,19,21). The van der Waals surface area contributed by atoms with Crippen molar-refractivity contribution in [3.63, 3.8) is 0 Å². The Labute approximate surface area is 126 Å². The van der Waals surface area contributed by atoms with E-state index in [2.05, 4.69) is 5.32 Å². The summed E-state index contributed by atoms with van der Waals surface area (Å²) in [7, 11) is 0. The van der Waals surface area contributed by atoms with Gasteiger partial charge in [0.05, 0.1) is 0 Å². The molecule has 2 aliphatic heterocycles. The average molecular weight is 301 g/mol. The molecule has 4 amide bonds. The molecule has 1 fully saturated rings. The molecule has 0 bridgehead atoms. The number of aryl methyl sites for hydroxylation is 1. The molecule has 1 aromatic rings. The lowest BCUT2D eigenvalue weighted by Gasteiger charge is -2.29. The van der Waals surface area contributed by atoms with Gasteiger partial charge in [0.15, 0.2) is 0 Å². The predicted molar refractivity (Wildman–Crippen MR) is 75.7 cm³/mol. The number of benzene rings is 1. The van der Waals surface area contributed by atoms with Gasteiger partial charge in [0.1, 0.15) is 6.04 Å². The van der Waals surface area contributed by atoms with E-state index in [0.717, 1.165) is 5.56 Å². The fraction of sp³-hybridized carbons (Fsp3) is 0.333. The number of amides is 4.